The Balaban J connectivity index is 2.22. The van der Waals surface area contributed by atoms with E-state index in [-0.39, 0.29) is 18.1 Å². The number of hydrogen-bond acceptors (Lipinski definition) is 6. The van der Waals surface area contributed by atoms with Crippen molar-refractivity contribution in [3.05, 3.63) is 35.9 Å². The Morgan fingerprint density at radius 1 is 1.12 bits per heavy atom. The topological polar surface area (TPSA) is 142 Å². The van der Waals surface area contributed by atoms with E-state index in [1.807, 2.05) is 44.2 Å². The van der Waals surface area contributed by atoms with Gasteiger partial charge in [0.2, 0.25) is 17.7 Å². The van der Waals surface area contributed by atoms with Crippen molar-refractivity contribution in [1.29, 1.82) is 0 Å². The standard InChI is InChI=1S/C23H34N4O5S/c1-14(2)11-18(22(30)27-10-6-9-19(27)23(31)32)26-21(29)17(25-20(28)16(24)13-33)12-15-7-4-3-5-8-15/h3-5,7-8,14,16-19,33H,6,9-13,24H2,1-2H3,(H,25,28)(H,26,29)(H,31,32). The fourth-order valence-electron chi connectivity index (χ4n) is 3.87. The SMILES string of the molecule is CC(C)CC(NC(=O)C(Cc1ccccc1)NC(=O)C(N)CS)C(=O)N1CCCC1C(=O)O. The monoisotopic (exact) mass is 478 g/mol. The van der Waals surface area contributed by atoms with Crippen LogP contribution in [0.1, 0.15) is 38.7 Å². The van der Waals surface area contributed by atoms with Gasteiger partial charge in [-0.2, -0.15) is 12.6 Å². The summed E-state index contributed by atoms with van der Waals surface area (Å²) in [7, 11) is 0. The van der Waals surface area contributed by atoms with Gasteiger partial charge >= 0.3 is 5.97 Å². The van der Waals surface area contributed by atoms with E-state index >= 15 is 0 Å². The van der Waals surface area contributed by atoms with Crippen LogP contribution in [0.15, 0.2) is 30.3 Å². The lowest BCUT2D eigenvalue weighted by Crippen LogP contribution is -2.58. The van der Waals surface area contributed by atoms with Gasteiger partial charge in [-0.05, 0) is 30.7 Å². The van der Waals surface area contributed by atoms with Gasteiger partial charge < -0.3 is 26.4 Å². The molecule has 0 saturated carbocycles. The highest BCUT2D eigenvalue weighted by Crippen LogP contribution is 2.20. The summed E-state index contributed by atoms with van der Waals surface area (Å²) in [6.07, 6.45) is 1.54. The maximum absolute atomic E-state index is 13.2. The molecule has 0 radical (unpaired) electrons. The van der Waals surface area contributed by atoms with Crippen molar-refractivity contribution >= 4 is 36.3 Å². The average Bonchev–Trinajstić information content (AvgIpc) is 3.27. The van der Waals surface area contributed by atoms with Crippen molar-refractivity contribution in [1.82, 2.24) is 15.5 Å². The molecule has 2 rings (SSSR count). The van der Waals surface area contributed by atoms with E-state index in [2.05, 4.69) is 23.3 Å². The first-order valence-electron chi connectivity index (χ1n) is 11.2. The predicted molar refractivity (Wildman–Crippen MR) is 128 cm³/mol. The van der Waals surface area contributed by atoms with Gasteiger partial charge in [-0.15, -0.1) is 0 Å². The number of likely N-dealkylation sites (tertiary alicyclic amines) is 1. The van der Waals surface area contributed by atoms with Crippen LogP contribution in [0, 0.1) is 5.92 Å². The summed E-state index contributed by atoms with van der Waals surface area (Å²) in [5.41, 5.74) is 6.59. The molecular weight excluding hydrogens is 444 g/mol. The molecule has 0 spiro atoms. The highest BCUT2D eigenvalue weighted by Gasteiger charge is 2.38. The Bertz CT molecular complexity index is 835. The van der Waals surface area contributed by atoms with Crippen molar-refractivity contribution < 1.29 is 24.3 Å². The number of nitrogens with zero attached hydrogens (tertiary/aromatic N) is 1. The second-order valence-corrected chi connectivity index (χ2v) is 9.12. The number of benzene rings is 1. The van der Waals surface area contributed by atoms with E-state index in [0.717, 1.165) is 5.56 Å². The second-order valence-electron chi connectivity index (χ2n) is 8.76. The Labute approximate surface area is 199 Å². The molecule has 1 heterocycles. The molecule has 182 valence electrons. The average molecular weight is 479 g/mol. The molecule has 1 aliphatic rings. The van der Waals surface area contributed by atoms with E-state index in [4.69, 9.17) is 5.73 Å². The van der Waals surface area contributed by atoms with Crippen LogP contribution in [0.3, 0.4) is 0 Å². The molecule has 5 N–H and O–H groups in total. The molecule has 1 fully saturated rings. The fraction of sp³-hybridized carbons (Fsp3) is 0.565. The minimum absolute atomic E-state index is 0.0740. The van der Waals surface area contributed by atoms with E-state index in [1.165, 1.54) is 4.90 Å². The van der Waals surface area contributed by atoms with Crippen molar-refractivity contribution in [3.8, 4) is 0 Å². The van der Waals surface area contributed by atoms with Gasteiger partial charge in [0.1, 0.15) is 18.1 Å². The van der Waals surface area contributed by atoms with Crippen LogP contribution in [-0.4, -0.2) is 70.2 Å². The number of nitrogens with one attached hydrogen (secondary N) is 2. The normalized spacial score (nSPS) is 18.5. The number of hydrogen-bond donors (Lipinski definition) is 5. The number of rotatable bonds is 11. The molecule has 0 bridgehead atoms. The highest BCUT2D eigenvalue weighted by molar-refractivity contribution is 7.80. The molecule has 10 heteroatoms. The Kier molecular flexibility index (Phi) is 10.2. The molecule has 1 saturated heterocycles. The van der Waals surface area contributed by atoms with Crippen LogP contribution in [0.2, 0.25) is 0 Å². The molecule has 4 atom stereocenters. The van der Waals surface area contributed by atoms with Crippen molar-refractivity contribution in [3.63, 3.8) is 0 Å². The number of carboxylic acid groups (broad SMARTS) is 1. The molecule has 1 aromatic carbocycles. The van der Waals surface area contributed by atoms with Crippen LogP contribution in [0.5, 0.6) is 0 Å². The third-order valence-corrected chi connectivity index (χ3v) is 5.99. The smallest absolute Gasteiger partial charge is 0.326 e. The third kappa shape index (κ3) is 7.75. The summed E-state index contributed by atoms with van der Waals surface area (Å²) < 4.78 is 0. The molecule has 0 aromatic heterocycles. The van der Waals surface area contributed by atoms with Gasteiger partial charge in [0.05, 0.1) is 6.04 Å². The van der Waals surface area contributed by atoms with Gasteiger partial charge in [0.25, 0.3) is 0 Å². The quantitative estimate of drug-likeness (QED) is 0.295. The van der Waals surface area contributed by atoms with Gasteiger partial charge in [0, 0.05) is 18.7 Å². The molecule has 9 nitrogen and oxygen atoms in total. The lowest BCUT2D eigenvalue weighted by atomic mass is 10.00. The van der Waals surface area contributed by atoms with E-state index in [1.54, 1.807) is 0 Å². The Morgan fingerprint density at radius 2 is 1.76 bits per heavy atom. The molecule has 1 aromatic rings. The van der Waals surface area contributed by atoms with Gasteiger partial charge in [-0.1, -0.05) is 44.2 Å². The van der Waals surface area contributed by atoms with Crippen molar-refractivity contribution in [2.24, 2.45) is 11.7 Å². The van der Waals surface area contributed by atoms with Crippen molar-refractivity contribution in [2.45, 2.75) is 63.7 Å². The van der Waals surface area contributed by atoms with E-state index < -0.39 is 47.9 Å². The predicted octanol–water partition coefficient (Wildman–Crippen LogP) is 0.578. The molecule has 0 aliphatic carbocycles. The number of aliphatic carboxylic acids is 1. The van der Waals surface area contributed by atoms with Gasteiger partial charge in [0.15, 0.2) is 0 Å². The lowest BCUT2D eigenvalue weighted by molar-refractivity contribution is -0.149. The van der Waals surface area contributed by atoms with Gasteiger partial charge in [-0.3, -0.25) is 14.4 Å². The molecule has 33 heavy (non-hydrogen) atoms. The number of nitrogens with two attached hydrogens (primary N) is 1. The van der Waals surface area contributed by atoms with E-state index in [9.17, 15) is 24.3 Å². The number of carboxylic acids is 1. The van der Waals surface area contributed by atoms with Gasteiger partial charge in [-0.25, -0.2) is 4.79 Å². The van der Waals surface area contributed by atoms with Crippen LogP contribution in [0.4, 0.5) is 0 Å². The first-order valence-corrected chi connectivity index (χ1v) is 11.8. The maximum Gasteiger partial charge on any atom is 0.326 e. The van der Waals surface area contributed by atoms with Crippen LogP contribution >= 0.6 is 12.6 Å². The summed E-state index contributed by atoms with van der Waals surface area (Å²) in [6.45, 7) is 4.17. The zero-order chi connectivity index (χ0) is 24.5. The van der Waals surface area contributed by atoms with Crippen LogP contribution < -0.4 is 16.4 Å². The number of carbonyl (C=O) groups is 4. The lowest BCUT2D eigenvalue weighted by Gasteiger charge is -2.29. The summed E-state index contributed by atoms with van der Waals surface area (Å²) in [5.74, 6) is -2.32. The van der Waals surface area contributed by atoms with Crippen LogP contribution in [0.25, 0.3) is 0 Å². The molecule has 3 amide bonds. The largest absolute Gasteiger partial charge is 0.480 e. The molecule has 1 aliphatic heterocycles. The summed E-state index contributed by atoms with van der Waals surface area (Å²) in [6, 6.07) is 5.55. The minimum atomic E-state index is -1.05. The molecule has 4 unspecified atom stereocenters. The summed E-state index contributed by atoms with van der Waals surface area (Å²) in [4.78, 5) is 51.8. The van der Waals surface area contributed by atoms with E-state index in [0.29, 0.717) is 25.8 Å². The second kappa shape index (κ2) is 12.6. The van der Waals surface area contributed by atoms with Crippen LogP contribution in [-0.2, 0) is 25.6 Å². The number of amides is 3. The number of carbonyl (C=O) groups excluding carboxylic acids is 3. The third-order valence-electron chi connectivity index (χ3n) is 5.59. The zero-order valence-corrected chi connectivity index (χ0v) is 20.0. The number of thiol groups is 1. The Morgan fingerprint density at radius 3 is 2.33 bits per heavy atom. The highest BCUT2D eigenvalue weighted by atomic mass is 32.1. The first-order chi connectivity index (χ1) is 15.6. The summed E-state index contributed by atoms with van der Waals surface area (Å²) >= 11 is 4.04. The molecular formula is C23H34N4O5S. The first kappa shape index (κ1) is 26.7. The summed E-state index contributed by atoms with van der Waals surface area (Å²) in [5, 5.41) is 14.9. The van der Waals surface area contributed by atoms with Crippen molar-refractivity contribution in [2.75, 3.05) is 12.3 Å². The maximum atomic E-state index is 13.2. The fourth-order valence-corrected chi connectivity index (χ4v) is 4.04. The minimum Gasteiger partial charge on any atom is -0.480 e. The Hall–Kier alpha value is -2.59. The zero-order valence-electron chi connectivity index (χ0n) is 19.1.